The molecule has 2 aromatic rings. The van der Waals surface area contributed by atoms with Gasteiger partial charge in [-0.3, -0.25) is 0 Å². The molecule has 0 radical (unpaired) electrons. The molecule has 82 valence electrons. The highest BCUT2D eigenvalue weighted by Crippen LogP contribution is 2.27. The Morgan fingerprint density at radius 3 is 2.50 bits per heavy atom. The Morgan fingerprint density at radius 2 is 1.81 bits per heavy atom. The largest absolute Gasteiger partial charge is 0.422 e. The van der Waals surface area contributed by atoms with Crippen molar-refractivity contribution in [2.45, 2.75) is 13.8 Å². The van der Waals surface area contributed by atoms with Crippen LogP contribution in [0.1, 0.15) is 11.1 Å². The normalized spacial score (nSPS) is 10.1. The van der Waals surface area contributed by atoms with E-state index in [0.717, 1.165) is 11.1 Å². The summed E-state index contributed by atoms with van der Waals surface area (Å²) in [7, 11) is 0. The van der Waals surface area contributed by atoms with Crippen LogP contribution >= 0.6 is 0 Å². The quantitative estimate of drug-likeness (QED) is 0.782. The van der Waals surface area contributed by atoms with Gasteiger partial charge in [0.15, 0.2) is 5.75 Å². The first-order valence-corrected chi connectivity index (χ1v) is 4.98. The van der Waals surface area contributed by atoms with Crippen LogP contribution in [0.25, 0.3) is 0 Å². The molecular formula is C12H13N3O. The van der Waals surface area contributed by atoms with Gasteiger partial charge in [-0.2, -0.15) is 0 Å². The van der Waals surface area contributed by atoms with Gasteiger partial charge >= 0.3 is 6.01 Å². The molecule has 1 heterocycles. The van der Waals surface area contributed by atoms with E-state index in [-0.39, 0.29) is 0 Å². The fourth-order valence-corrected chi connectivity index (χ4v) is 1.27. The average molecular weight is 215 g/mol. The predicted octanol–water partition coefficient (Wildman–Crippen LogP) is 2.47. The van der Waals surface area contributed by atoms with Gasteiger partial charge < -0.3 is 10.5 Å². The summed E-state index contributed by atoms with van der Waals surface area (Å²) in [6.45, 7) is 3.85. The van der Waals surface area contributed by atoms with Gasteiger partial charge in [0.05, 0.1) is 5.69 Å². The van der Waals surface area contributed by atoms with E-state index in [0.29, 0.717) is 17.4 Å². The number of nitrogen functional groups attached to an aromatic ring is 1. The number of nitrogens with two attached hydrogens (primary N) is 1. The SMILES string of the molecule is Cc1cnc(Oc2cccc(C)c2N)nc1. The van der Waals surface area contributed by atoms with Crippen molar-refractivity contribution in [3.63, 3.8) is 0 Å². The molecule has 0 unspecified atom stereocenters. The molecule has 0 bridgehead atoms. The van der Waals surface area contributed by atoms with Crippen molar-refractivity contribution >= 4 is 5.69 Å². The first-order chi connectivity index (χ1) is 7.66. The third-order valence-electron chi connectivity index (χ3n) is 2.24. The van der Waals surface area contributed by atoms with Gasteiger partial charge in [0, 0.05) is 12.4 Å². The number of nitrogens with zero attached hydrogens (tertiary/aromatic N) is 2. The Kier molecular flexibility index (Phi) is 2.72. The predicted molar refractivity (Wildman–Crippen MR) is 62.4 cm³/mol. The number of anilines is 1. The summed E-state index contributed by atoms with van der Waals surface area (Å²) in [6.07, 6.45) is 3.41. The summed E-state index contributed by atoms with van der Waals surface area (Å²) in [6, 6.07) is 5.92. The molecule has 0 aliphatic heterocycles. The van der Waals surface area contributed by atoms with E-state index >= 15 is 0 Å². The number of benzene rings is 1. The monoisotopic (exact) mass is 215 g/mol. The van der Waals surface area contributed by atoms with Crippen LogP contribution in [0.4, 0.5) is 5.69 Å². The number of ether oxygens (including phenoxy) is 1. The second-order valence-corrected chi connectivity index (χ2v) is 3.63. The summed E-state index contributed by atoms with van der Waals surface area (Å²) in [5, 5.41) is 0. The molecular weight excluding hydrogens is 202 g/mol. The third kappa shape index (κ3) is 2.11. The third-order valence-corrected chi connectivity index (χ3v) is 2.24. The van der Waals surface area contributed by atoms with E-state index in [1.54, 1.807) is 18.5 Å². The molecule has 2 rings (SSSR count). The lowest BCUT2D eigenvalue weighted by Crippen LogP contribution is -1.97. The molecule has 0 fully saturated rings. The first-order valence-electron chi connectivity index (χ1n) is 4.98. The fraction of sp³-hybridized carbons (Fsp3) is 0.167. The maximum Gasteiger partial charge on any atom is 0.321 e. The standard InChI is InChI=1S/C12H13N3O/c1-8-6-14-12(15-7-8)16-10-5-3-4-9(2)11(10)13/h3-7H,13H2,1-2H3. The smallest absolute Gasteiger partial charge is 0.321 e. The van der Waals surface area contributed by atoms with Gasteiger partial charge in [-0.15, -0.1) is 0 Å². The van der Waals surface area contributed by atoms with E-state index in [9.17, 15) is 0 Å². The Labute approximate surface area is 94.1 Å². The Balaban J connectivity index is 2.27. The van der Waals surface area contributed by atoms with E-state index in [1.807, 2.05) is 26.0 Å². The van der Waals surface area contributed by atoms with E-state index in [1.165, 1.54) is 0 Å². The van der Waals surface area contributed by atoms with Crippen LogP contribution in [-0.2, 0) is 0 Å². The molecule has 16 heavy (non-hydrogen) atoms. The zero-order chi connectivity index (χ0) is 11.5. The summed E-state index contributed by atoms with van der Waals surface area (Å²) in [5.41, 5.74) is 8.46. The highest BCUT2D eigenvalue weighted by atomic mass is 16.5. The minimum absolute atomic E-state index is 0.308. The zero-order valence-corrected chi connectivity index (χ0v) is 9.27. The molecule has 0 saturated heterocycles. The van der Waals surface area contributed by atoms with Crippen molar-refractivity contribution in [1.82, 2.24) is 9.97 Å². The van der Waals surface area contributed by atoms with Crippen LogP contribution in [0.3, 0.4) is 0 Å². The summed E-state index contributed by atoms with van der Waals surface area (Å²) < 4.78 is 5.50. The molecule has 0 spiro atoms. The van der Waals surface area contributed by atoms with Crippen LogP contribution in [0.2, 0.25) is 0 Å². The summed E-state index contributed by atoms with van der Waals surface area (Å²) in [4.78, 5) is 8.11. The molecule has 4 nitrogen and oxygen atoms in total. The van der Waals surface area contributed by atoms with Gasteiger partial charge in [-0.05, 0) is 31.0 Å². The van der Waals surface area contributed by atoms with Gasteiger partial charge in [0.1, 0.15) is 0 Å². The summed E-state index contributed by atoms with van der Waals surface area (Å²) in [5.74, 6) is 0.587. The molecule has 4 heteroatoms. The number of aryl methyl sites for hydroxylation is 2. The van der Waals surface area contributed by atoms with Crippen LogP contribution in [-0.4, -0.2) is 9.97 Å². The molecule has 1 aromatic heterocycles. The molecule has 0 aliphatic carbocycles. The van der Waals surface area contributed by atoms with E-state index in [4.69, 9.17) is 10.5 Å². The lowest BCUT2D eigenvalue weighted by Gasteiger charge is -2.08. The van der Waals surface area contributed by atoms with E-state index in [2.05, 4.69) is 9.97 Å². The number of hydrogen-bond donors (Lipinski definition) is 1. The lowest BCUT2D eigenvalue weighted by molar-refractivity contribution is 0.443. The van der Waals surface area contributed by atoms with E-state index < -0.39 is 0 Å². The second-order valence-electron chi connectivity index (χ2n) is 3.63. The number of aromatic nitrogens is 2. The van der Waals surface area contributed by atoms with Crippen molar-refractivity contribution in [2.75, 3.05) is 5.73 Å². The topological polar surface area (TPSA) is 61.0 Å². The van der Waals surface area contributed by atoms with Crippen LogP contribution in [0, 0.1) is 13.8 Å². The first kappa shape index (κ1) is 10.4. The van der Waals surface area contributed by atoms with Gasteiger partial charge in [0.25, 0.3) is 0 Å². The Bertz CT molecular complexity index is 494. The molecule has 2 N–H and O–H groups in total. The molecule has 0 atom stereocenters. The van der Waals surface area contributed by atoms with Crippen molar-refractivity contribution in [1.29, 1.82) is 0 Å². The molecule has 0 aliphatic rings. The van der Waals surface area contributed by atoms with Gasteiger partial charge in [-0.25, -0.2) is 9.97 Å². The van der Waals surface area contributed by atoms with Crippen molar-refractivity contribution in [2.24, 2.45) is 0 Å². The number of para-hydroxylation sites is 1. The molecule has 1 aromatic carbocycles. The van der Waals surface area contributed by atoms with Gasteiger partial charge in [-0.1, -0.05) is 12.1 Å². The van der Waals surface area contributed by atoms with Crippen LogP contribution < -0.4 is 10.5 Å². The number of rotatable bonds is 2. The van der Waals surface area contributed by atoms with Crippen molar-refractivity contribution < 1.29 is 4.74 Å². The Morgan fingerprint density at radius 1 is 1.12 bits per heavy atom. The highest BCUT2D eigenvalue weighted by Gasteiger charge is 2.05. The molecule has 0 amide bonds. The maximum absolute atomic E-state index is 5.88. The fourth-order valence-electron chi connectivity index (χ4n) is 1.27. The highest BCUT2D eigenvalue weighted by molar-refractivity contribution is 5.58. The van der Waals surface area contributed by atoms with Gasteiger partial charge in [0.2, 0.25) is 0 Å². The van der Waals surface area contributed by atoms with Crippen molar-refractivity contribution in [3.05, 3.63) is 41.7 Å². The second kappa shape index (κ2) is 4.18. The number of hydrogen-bond acceptors (Lipinski definition) is 4. The average Bonchev–Trinajstić information content (AvgIpc) is 2.28. The van der Waals surface area contributed by atoms with Crippen LogP contribution in [0.15, 0.2) is 30.6 Å². The minimum atomic E-state index is 0.308. The lowest BCUT2D eigenvalue weighted by atomic mass is 10.2. The summed E-state index contributed by atoms with van der Waals surface area (Å²) >= 11 is 0. The minimum Gasteiger partial charge on any atom is -0.422 e. The van der Waals surface area contributed by atoms with Crippen molar-refractivity contribution in [3.8, 4) is 11.8 Å². The molecule has 0 saturated carbocycles. The maximum atomic E-state index is 5.88. The zero-order valence-electron chi connectivity index (χ0n) is 9.27. The Hall–Kier alpha value is -2.10. The van der Waals surface area contributed by atoms with Crippen LogP contribution in [0.5, 0.6) is 11.8 Å².